The molecular weight excluding hydrogens is 257 g/mol. The predicted octanol–water partition coefficient (Wildman–Crippen LogP) is 3.25. The second-order valence-corrected chi connectivity index (χ2v) is 5.57. The van der Waals surface area contributed by atoms with E-state index >= 15 is 0 Å². The maximum absolute atomic E-state index is 13.5. The number of furan rings is 1. The van der Waals surface area contributed by atoms with Gasteiger partial charge in [0, 0.05) is 11.1 Å². The van der Waals surface area contributed by atoms with E-state index in [2.05, 4.69) is 5.32 Å². The highest BCUT2D eigenvalue weighted by Crippen LogP contribution is 2.27. The molecule has 0 saturated heterocycles. The Morgan fingerprint density at radius 2 is 2.00 bits per heavy atom. The number of hydrogen-bond acceptors (Lipinski definition) is 3. The molecule has 0 aliphatic carbocycles. The van der Waals surface area contributed by atoms with Crippen molar-refractivity contribution in [3.05, 3.63) is 47.5 Å². The van der Waals surface area contributed by atoms with Crippen LogP contribution in [0.2, 0.25) is 0 Å². The second kappa shape index (κ2) is 5.77. The van der Waals surface area contributed by atoms with E-state index in [0.29, 0.717) is 17.9 Å². The van der Waals surface area contributed by atoms with Crippen LogP contribution in [0.1, 0.15) is 25.2 Å². The quantitative estimate of drug-likeness (QED) is 0.881. The maximum atomic E-state index is 13.5. The van der Waals surface area contributed by atoms with Crippen molar-refractivity contribution in [2.24, 2.45) is 0 Å². The molecule has 2 N–H and O–H groups in total. The third kappa shape index (κ3) is 3.26. The van der Waals surface area contributed by atoms with Gasteiger partial charge in [-0.1, -0.05) is 12.1 Å². The Morgan fingerprint density at radius 1 is 1.25 bits per heavy atom. The van der Waals surface area contributed by atoms with Gasteiger partial charge >= 0.3 is 0 Å². The van der Waals surface area contributed by atoms with Gasteiger partial charge in [-0.05, 0) is 44.5 Å². The lowest BCUT2D eigenvalue weighted by atomic mass is 10.1. The van der Waals surface area contributed by atoms with Crippen molar-refractivity contribution in [3.63, 3.8) is 0 Å². The van der Waals surface area contributed by atoms with Gasteiger partial charge in [0.15, 0.2) is 0 Å². The van der Waals surface area contributed by atoms with Crippen molar-refractivity contribution in [1.82, 2.24) is 5.32 Å². The molecule has 0 aliphatic rings. The lowest BCUT2D eigenvalue weighted by molar-refractivity contribution is 0.184. The zero-order valence-corrected chi connectivity index (χ0v) is 12.0. The third-order valence-corrected chi connectivity index (χ3v) is 3.33. The van der Waals surface area contributed by atoms with E-state index in [1.807, 2.05) is 32.0 Å². The number of aliphatic hydroxyl groups is 1. The van der Waals surface area contributed by atoms with Gasteiger partial charge in [0.05, 0.1) is 13.2 Å². The lowest BCUT2D eigenvalue weighted by Gasteiger charge is -2.22. The maximum Gasteiger partial charge on any atom is 0.134 e. The minimum absolute atomic E-state index is 0.0452. The highest BCUT2D eigenvalue weighted by atomic mass is 19.1. The number of hydrogen-bond donors (Lipinski definition) is 2. The van der Waals surface area contributed by atoms with E-state index < -0.39 is 0 Å². The topological polar surface area (TPSA) is 45.4 Å². The summed E-state index contributed by atoms with van der Waals surface area (Å²) in [5, 5.41) is 12.4. The van der Waals surface area contributed by atoms with Crippen LogP contribution in [0.15, 0.2) is 34.7 Å². The first-order valence-electron chi connectivity index (χ1n) is 6.63. The minimum Gasteiger partial charge on any atom is -0.460 e. The van der Waals surface area contributed by atoms with Gasteiger partial charge in [0.1, 0.15) is 17.3 Å². The molecule has 0 fully saturated rings. The summed E-state index contributed by atoms with van der Waals surface area (Å²) in [5.41, 5.74) is 0.983. The molecule has 0 atom stereocenters. The van der Waals surface area contributed by atoms with Gasteiger partial charge < -0.3 is 14.8 Å². The Morgan fingerprint density at radius 3 is 2.70 bits per heavy atom. The highest BCUT2D eigenvalue weighted by Gasteiger charge is 2.16. The summed E-state index contributed by atoms with van der Waals surface area (Å²) in [4.78, 5) is 0. The zero-order chi connectivity index (χ0) is 14.8. The Balaban J connectivity index is 2.15. The molecular formula is C16H20FNO2. The van der Waals surface area contributed by atoms with Gasteiger partial charge in [-0.2, -0.15) is 0 Å². The molecule has 0 amide bonds. The van der Waals surface area contributed by atoms with Crippen LogP contribution in [0.5, 0.6) is 0 Å². The zero-order valence-electron chi connectivity index (χ0n) is 12.0. The molecule has 0 aliphatic heterocycles. The summed E-state index contributed by atoms with van der Waals surface area (Å²) < 4.78 is 19.3. The van der Waals surface area contributed by atoms with Crippen LogP contribution in [0.4, 0.5) is 4.39 Å². The molecule has 0 unspecified atom stereocenters. The van der Waals surface area contributed by atoms with Crippen molar-refractivity contribution < 1.29 is 13.9 Å². The Bertz CT molecular complexity index is 590. The third-order valence-electron chi connectivity index (χ3n) is 3.33. The predicted molar refractivity (Wildman–Crippen MR) is 76.8 cm³/mol. The van der Waals surface area contributed by atoms with Crippen LogP contribution in [-0.4, -0.2) is 17.3 Å². The second-order valence-electron chi connectivity index (χ2n) is 5.57. The van der Waals surface area contributed by atoms with Crippen LogP contribution >= 0.6 is 0 Å². The number of aliphatic hydroxyl groups excluding tert-OH is 1. The fourth-order valence-electron chi connectivity index (χ4n) is 1.87. The summed E-state index contributed by atoms with van der Waals surface area (Å²) in [6, 6.07) is 8.65. The van der Waals surface area contributed by atoms with Crippen LogP contribution in [0, 0.1) is 12.7 Å². The highest BCUT2D eigenvalue weighted by molar-refractivity contribution is 5.62. The van der Waals surface area contributed by atoms with Crippen LogP contribution in [0.25, 0.3) is 11.3 Å². The molecule has 2 rings (SSSR count). The van der Waals surface area contributed by atoms with E-state index in [-0.39, 0.29) is 18.0 Å². The summed E-state index contributed by atoms with van der Waals surface area (Å²) >= 11 is 0. The standard InChI is InChI=1S/C16H20FNO2/c1-11-13(5-4-6-14(11)17)15-8-7-12(20-15)9-18-16(2,3)10-19/h4-8,18-19H,9-10H2,1-3H3. The summed E-state index contributed by atoms with van der Waals surface area (Å²) in [6.07, 6.45) is 0. The molecule has 0 radical (unpaired) electrons. The van der Waals surface area contributed by atoms with E-state index in [4.69, 9.17) is 4.42 Å². The van der Waals surface area contributed by atoms with Gasteiger partial charge in [0.2, 0.25) is 0 Å². The minimum atomic E-state index is -0.359. The SMILES string of the molecule is Cc1c(F)cccc1-c1ccc(CNC(C)(C)CO)o1. The first-order chi connectivity index (χ1) is 9.43. The van der Waals surface area contributed by atoms with E-state index in [9.17, 15) is 9.50 Å². The van der Waals surface area contributed by atoms with E-state index in [1.54, 1.807) is 13.0 Å². The summed E-state index contributed by atoms with van der Waals surface area (Å²) in [6.45, 7) is 6.12. The molecule has 1 heterocycles. The largest absolute Gasteiger partial charge is 0.460 e. The number of rotatable bonds is 5. The average molecular weight is 277 g/mol. The molecule has 20 heavy (non-hydrogen) atoms. The van der Waals surface area contributed by atoms with Crippen molar-refractivity contribution >= 4 is 0 Å². The molecule has 4 heteroatoms. The fraction of sp³-hybridized carbons (Fsp3) is 0.375. The molecule has 0 spiro atoms. The molecule has 1 aromatic heterocycles. The number of nitrogens with one attached hydrogen (secondary N) is 1. The van der Waals surface area contributed by atoms with Gasteiger partial charge in [-0.15, -0.1) is 0 Å². The van der Waals surface area contributed by atoms with Crippen molar-refractivity contribution in [1.29, 1.82) is 0 Å². The number of benzene rings is 1. The van der Waals surface area contributed by atoms with E-state index in [0.717, 1.165) is 11.3 Å². The molecule has 3 nitrogen and oxygen atoms in total. The Kier molecular flexibility index (Phi) is 4.26. The Hall–Kier alpha value is -1.65. The first kappa shape index (κ1) is 14.8. The average Bonchev–Trinajstić information content (AvgIpc) is 2.88. The molecule has 1 aromatic carbocycles. The Labute approximate surface area is 118 Å². The smallest absolute Gasteiger partial charge is 0.134 e. The molecule has 108 valence electrons. The molecule has 2 aromatic rings. The van der Waals surface area contributed by atoms with Crippen LogP contribution < -0.4 is 5.32 Å². The summed E-state index contributed by atoms with van der Waals surface area (Å²) in [7, 11) is 0. The monoisotopic (exact) mass is 277 g/mol. The number of halogens is 1. The molecule has 0 saturated carbocycles. The van der Waals surface area contributed by atoms with Gasteiger partial charge in [-0.3, -0.25) is 0 Å². The first-order valence-corrected chi connectivity index (χ1v) is 6.63. The normalized spacial score (nSPS) is 11.8. The summed E-state index contributed by atoms with van der Waals surface area (Å²) in [5.74, 6) is 1.17. The van der Waals surface area contributed by atoms with Crippen molar-refractivity contribution in [2.45, 2.75) is 32.9 Å². The fourth-order valence-corrected chi connectivity index (χ4v) is 1.87. The van der Waals surface area contributed by atoms with Crippen LogP contribution in [-0.2, 0) is 6.54 Å². The molecule has 0 bridgehead atoms. The van der Waals surface area contributed by atoms with Crippen molar-refractivity contribution in [2.75, 3.05) is 6.61 Å². The van der Waals surface area contributed by atoms with E-state index in [1.165, 1.54) is 6.07 Å². The lowest BCUT2D eigenvalue weighted by Crippen LogP contribution is -2.41. The van der Waals surface area contributed by atoms with Crippen molar-refractivity contribution in [3.8, 4) is 11.3 Å². The van der Waals surface area contributed by atoms with Crippen LogP contribution in [0.3, 0.4) is 0 Å². The van der Waals surface area contributed by atoms with Gasteiger partial charge in [0.25, 0.3) is 0 Å². The van der Waals surface area contributed by atoms with Gasteiger partial charge in [-0.25, -0.2) is 4.39 Å².